The number of hydrogen-bond donors (Lipinski definition) is 1. The van der Waals surface area contributed by atoms with Crippen molar-refractivity contribution in [3.63, 3.8) is 0 Å². The maximum Gasteiger partial charge on any atom is 0.195 e. The van der Waals surface area contributed by atoms with Gasteiger partial charge >= 0.3 is 0 Å². The van der Waals surface area contributed by atoms with E-state index < -0.39 is 5.41 Å². The molecule has 0 radical (unpaired) electrons. The molecule has 5 rings (SSSR count). The van der Waals surface area contributed by atoms with Crippen molar-refractivity contribution < 1.29 is 4.79 Å². The first-order chi connectivity index (χ1) is 16.2. The summed E-state index contributed by atoms with van der Waals surface area (Å²) in [6.07, 6.45) is 7.90. The molecule has 0 unspecified atom stereocenters. The number of Topliss-reactive ketones (excluding diaryl/α,β-unsaturated/α-hetero) is 1. The van der Waals surface area contributed by atoms with Gasteiger partial charge in [0.15, 0.2) is 5.78 Å². The minimum absolute atomic E-state index is 0.00191. The first-order valence-corrected chi connectivity index (χ1v) is 12.4. The third-order valence-corrected chi connectivity index (χ3v) is 8.52. The zero-order valence-corrected chi connectivity index (χ0v) is 20.8. The number of hydrogen-bond acceptors (Lipinski definition) is 4. The summed E-state index contributed by atoms with van der Waals surface area (Å²) in [6, 6.07) is 7.68. The molecule has 1 N–H and O–H groups in total. The number of nitrogens with zero attached hydrogens (tertiary/aromatic N) is 3. The van der Waals surface area contributed by atoms with Crippen molar-refractivity contribution in [2.45, 2.75) is 57.9 Å². The quantitative estimate of drug-likeness (QED) is 0.666. The third-order valence-electron chi connectivity index (χ3n) is 8.52. The second kappa shape index (κ2) is 7.99. The van der Waals surface area contributed by atoms with Crippen LogP contribution in [-0.4, -0.2) is 52.3 Å². The van der Waals surface area contributed by atoms with Crippen LogP contribution in [0.25, 0.3) is 10.9 Å². The smallest absolute Gasteiger partial charge is 0.195 e. The molecule has 0 atom stereocenters. The highest BCUT2D eigenvalue weighted by molar-refractivity contribution is 6.20. The summed E-state index contributed by atoms with van der Waals surface area (Å²) in [6.45, 7) is 17.1. The Morgan fingerprint density at radius 3 is 2.47 bits per heavy atom. The number of fused-ring (bicyclic) bond motifs is 3. The van der Waals surface area contributed by atoms with Crippen molar-refractivity contribution >= 4 is 16.7 Å². The van der Waals surface area contributed by atoms with Gasteiger partial charge in [-0.15, -0.1) is 0 Å². The number of benzene rings is 1. The molecule has 34 heavy (non-hydrogen) atoms. The Hall–Kier alpha value is -3.10. The first kappa shape index (κ1) is 22.7. The summed E-state index contributed by atoms with van der Waals surface area (Å²) in [5.41, 5.74) is 5.89. The van der Waals surface area contributed by atoms with E-state index in [1.54, 1.807) is 12.1 Å². The van der Waals surface area contributed by atoms with Gasteiger partial charge in [0.25, 0.3) is 0 Å². The zero-order chi connectivity index (χ0) is 24.3. The van der Waals surface area contributed by atoms with Crippen LogP contribution in [0, 0.1) is 11.3 Å². The van der Waals surface area contributed by atoms with E-state index in [0.29, 0.717) is 22.2 Å². The minimum atomic E-state index is -0.402. The molecule has 1 saturated heterocycles. The molecule has 5 heteroatoms. The van der Waals surface area contributed by atoms with Crippen LogP contribution in [-0.2, 0) is 5.41 Å². The van der Waals surface area contributed by atoms with Gasteiger partial charge < -0.3 is 9.88 Å². The Kier molecular flexibility index (Phi) is 5.33. The monoisotopic (exact) mass is 454 g/mol. The predicted molar refractivity (Wildman–Crippen MR) is 137 cm³/mol. The van der Waals surface area contributed by atoms with Crippen molar-refractivity contribution in [2.75, 3.05) is 26.2 Å². The summed E-state index contributed by atoms with van der Waals surface area (Å²) < 4.78 is 0. The summed E-state index contributed by atoms with van der Waals surface area (Å²) in [5, 5.41) is 10.2. The van der Waals surface area contributed by atoms with Crippen LogP contribution in [0.3, 0.4) is 0 Å². The highest BCUT2D eigenvalue weighted by Gasteiger charge is 2.41. The summed E-state index contributed by atoms with van der Waals surface area (Å²) in [7, 11) is 0. The molecule has 1 aliphatic heterocycles. The lowest BCUT2D eigenvalue weighted by Gasteiger charge is -2.51. The summed E-state index contributed by atoms with van der Waals surface area (Å²) in [5.74, 6) is 0.00191. The number of aromatic amines is 1. The Morgan fingerprint density at radius 2 is 1.88 bits per heavy atom. The number of nitrogens with one attached hydrogen (secondary N) is 1. The highest BCUT2D eigenvalue weighted by atomic mass is 16.1. The number of H-pyrrole nitrogens is 1. The standard InChI is InChI=1S/C29H34N4O/c1-6-21-23(16-19(2)32-12-14-33(15-13-32)29(5)10-7-11-29)28(3,4)27-25(26(21)34)22-9-8-20(18-30)17-24(22)31-27/h6,8-9,16-17,31H,1,7,10-15H2,2-5H3/b19-16+. The molecular weight excluding hydrogens is 420 g/mol. The van der Waals surface area contributed by atoms with E-state index in [9.17, 15) is 10.1 Å². The van der Waals surface area contributed by atoms with E-state index >= 15 is 0 Å². The maximum absolute atomic E-state index is 13.7. The molecular formula is C29H34N4O. The van der Waals surface area contributed by atoms with Gasteiger partial charge in [-0.1, -0.05) is 32.6 Å². The maximum atomic E-state index is 13.7. The van der Waals surface area contributed by atoms with Crippen LogP contribution >= 0.6 is 0 Å². The lowest BCUT2D eigenvalue weighted by molar-refractivity contribution is 0.00116. The Bertz CT molecular complexity index is 1290. The van der Waals surface area contributed by atoms with E-state index in [1.807, 2.05) is 12.1 Å². The number of piperazine rings is 1. The molecule has 2 aromatic rings. The van der Waals surface area contributed by atoms with Crippen molar-refractivity contribution in [1.29, 1.82) is 5.26 Å². The number of carbonyl (C=O) groups is 1. The van der Waals surface area contributed by atoms with E-state index in [1.165, 1.54) is 25.0 Å². The van der Waals surface area contributed by atoms with Gasteiger partial charge in [-0.3, -0.25) is 9.69 Å². The van der Waals surface area contributed by atoms with Crippen LogP contribution in [0.15, 0.2) is 53.8 Å². The van der Waals surface area contributed by atoms with Crippen molar-refractivity contribution in [3.05, 3.63) is 70.6 Å². The molecule has 2 aliphatic carbocycles. The van der Waals surface area contributed by atoms with Crippen LogP contribution in [0.2, 0.25) is 0 Å². The number of allylic oxidation sites excluding steroid dienone is 5. The van der Waals surface area contributed by atoms with Gasteiger partial charge in [0.05, 0.1) is 17.2 Å². The van der Waals surface area contributed by atoms with Gasteiger partial charge in [-0.05, 0) is 56.9 Å². The van der Waals surface area contributed by atoms with Crippen LogP contribution in [0.4, 0.5) is 0 Å². The molecule has 176 valence electrons. The molecule has 1 aromatic carbocycles. The molecule has 2 fully saturated rings. The molecule has 3 aliphatic rings. The second-order valence-electron chi connectivity index (χ2n) is 10.8. The molecule has 0 amide bonds. The number of aromatic nitrogens is 1. The molecule has 0 spiro atoms. The third kappa shape index (κ3) is 3.35. The highest BCUT2D eigenvalue weighted by Crippen LogP contribution is 2.45. The molecule has 0 bridgehead atoms. The Balaban J connectivity index is 1.49. The van der Waals surface area contributed by atoms with Gasteiger partial charge in [0.2, 0.25) is 0 Å². The van der Waals surface area contributed by atoms with Gasteiger partial charge in [0.1, 0.15) is 0 Å². The number of ketones is 1. The van der Waals surface area contributed by atoms with Crippen LogP contribution in [0.1, 0.15) is 68.6 Å². The fourth-order valence-electron chi connectivity index (χ4n) is 6.06. The summed E-state index contributed by atoms with van der Waals surface area (Å²) in [4.78, 5) is 22.3. The lowest BCUT2D eigenvalue weighted by Crippen LogP contribution is -2.58. The minimum Gasteiger partial charge on any atom is -0.372 e. The normalized spacial score (nSPS) is 22.4. The fraction of sp³-hybridized carbons (Fsp3) is 0.448. The number of rotatable bonds is 4. The van der Waals surface area contributed by atoms with Gasteiger partial charge in [-0.25, -0.2) is 0 Å². The second-order valence-corrected chi connectivity index (χ2v) is 10.8. The molecule has 2 heterocycles. The van der Waals surface area contributed by atoms with Gasteiger partial charge in [-0.2, -0.15) is 5.26 Å². The molecule has 1 saturated carbocycles. The van der Waals surface area contributed by atoms with E-state index in [2.05, 4.69) is 61.2 Å². The molecule has 1 aromatic heterocycles. The zero-order valence-electron chi connectivity index (χ0n) is 20.8. The number of nitriles is 1. The summed E-state index contributed by atoms with van der Waals surface area (Å²) >= 11 is 0. The first-order valence-electron chi connectivity index (χ1n) is 12.4. The van der Waals surface area contributed by atoms with Crippen molar-refractivity contribution in [1.82, 2.24) is 14.8 Å². The Morgan fingerprint density at radius 1 is 1.18 bits per heavy atom. The molecule has 5 nitrogen and oxygen atoms in total. The van der Waals surface area contributed by atoms with E-state index in [4.69, 9.17) is 0 Å². The predicted octanol–water partition coefficient (Wildman–Crippen LogP) is 5.46. The van der Waals surface area contributed by atoms with Crippen LogP contribution in [0.5, 0.6) is 0 Å². The Labute approximate surface area is 202 Å². The van der Waals surface area contributed by atoms with Crippen LogP contribution < -0.4 is 0 Å². The van der Waals surface area contributed by atoms with Gasteiger partial charge in [0, 0.05) is 65.0 Å². The fourth-order valence-corrected chi connectivity index (χ4v) is 6.06. The lowest BCUT2D eigenvalue weighted by atomic mass is 9.70. The average molecular weight is 455 g/mol. The largest absolute Gasteiger partial charge is 0.372 e. The van der Waals surface area contributed by atoms with E-state index in [-0.39, 0.29) is 5.78 Å². The number of carbonyl (C=O) groups excluding carboxylic acids is 1. The topological polar surface area (TPSA) is 63.1 Å². The SMILES string of the molecule is C=CC1=C(/C=C(\C)N2CCN(C3(C)CCC3)CC2)C(C)(C)c2[nH]c3cc(C#N)ccc3c2C1=O. The van der Waals surface area contributed by atoms with E-state index in [0.717, 1.165) is 48.3 Å². The average Bonchev–Trinajstić information content (AvgIpc) is 3.21. The van der Waals surface area contributed by atoms with Crippen molar-refractivity contribution in [3.8, 4) is 6.07 Å². The van der Waals surface area contributed by atoms with Crippen molar-refractivity contribution in [2.24, 2.45) is 0 Å².